The molecule has 0 unspecified atom stereocenters. The number of hydrogen-bond acceptors (Lipinski definition) is 2. The second-order valence-corrected chi connectivity index (χ2v) is 8.79. The number of nitrogens with one attached hydrogen (secondary N) is 2. The summed E-state index contributed by atoms with van der Waals surface area (Å²) >= 11 is 0. The third-order valence-corrected chi connectivity index (χ3v) is 6.64. The van der Waals surface area contributed by atoms with Gasteiger partial charge >= 0.3 is 0 Å². The van der Waals surface area contributed by atoms with Crippen LogP contribution in [0.5, 0.6) is 0 Å². The van der Waals surface area contributed by atoms with E-state index in [9.17, 15) is 0 Å². The maximum atomic E-state index is 3.97. The second kappa shape index (κ2) is 9.00. The first-order valence-electron chi connectivity index (χ1n) is 12.0. The Balaban J connectivity index is 1.61. The van der Waals surface area contributed by atoms with Gasteiger partial charge < -0.3 is 10.6 Å². The van der Waals surface area contributed by atoms with Gasteiger partial charge in [-0.1, -0.05) is 133 Å². The fraction of sp³-hybridized carbons (Fsp3) is 0.0303. The van der Waals surface area contributed by atoms with Gasteiger partial charge in [-0.3, -0.25) is 0 Å². The van der Waals surface area contributed by atoms with Crippen LogP contribution in [-0.4, -0.2) is 0 Å². The highest BCUT2D eigenvalue weighted by atomic mass is 15.2. The van der Waals surface area contributed by atoms with Crippen LogP contribution in [-0.2, 0) is 5.66 Å². The molecule has 6 aromatic carbocycles. The maximum absolute atomic E-state index is 3.97. The summed E-state index contributed by atoms with van der Waals surface area (Å²) in [6, 6.07) is 51.2. The van der Waals surface area contributed by atoms with Crippen LogP contribution in [0.25, 0.3) is 21.5 Å². The highest BCUT2D eigenvalue weighted by Crippen LogP contribution is 2.38. The number of anilines is 2. The van der Waals surface area contributed by atoms with Crippen molar-refractivity contribution in [2.45, 2.75) is 5.66 Å². The summed E-state index contributed by atoms with van der Waals surface area (Å²) in [5.74, 6) is 0. The molecule has 2 nitrogen and oxygen atoms in total. The van der Waals surface area contributed by atoms with Gasteiger partial charge in [-0.25, -0.2) is 0 Å². The van der Waals surface area contributed by atoms with E-state index in [2.05, 4.69) is 156 Å². The predicted octanol–water partition coefficient (Wildman–Crippen LogP) is 8.42. The lowest BCUT2D eigenvalue weighted by molar-refractivity contribution is 0.681. The smallest absolute Gasteiger partial charge is 0.161 e. The van der Waals surface area contributed by atoms with Gasteiger partial charge in [0.2, 0.25) is 0 Å². The fourth-order valence-electron chi connectivity index (χ4n) is 4.94. The minimum absolute atomic E-state index is 0.712. The molecule has 0 aromatic heterocycles. The topological polar surface area (TPSA) is 24.1 Å². The third kappa shape index (κ3) is 3.89. The minimum atomic E-state index is -0.712. The van der Waals surface area contributed by atoms with Crippen LogP contribution >= 0.6 is 0 Å². The lowest BCUT2D eigenvalue weighted by Gasteiger charge is -2.39. The summed E-state index contributed by atoms with van der Waals surface area (Å²) < 4.78 is 0. The van der Waals surface area contributed by atoms with E-state index in [-0.39, 0.29) is 0 Å². The van der Waals surface area contributed by atoms with Crippen LogP contribution < -0.4 is 10.6 Å². The molecule has 0 amide bonds. The highest BCUT2D eigenvalue weighted by molar-refractivity contribution is 5.96. The van der Waals surface area contributed by atoms with E-state index in [0.29, 0.717) is 0 Å². The van der Waals surface area contributed by atoms with E-state index >= 15 is 0 Å². The molecule has 35 heavy (non-hydrogen) atoms. The molecule has 0 bridgehead atoms. The standard InChI is InChI=1S/C33H26N2/c1-3-17-27(18-4-1)33(28-19-5-2-6-20-28,34-31-23-11-15-25-13-7-9-21-29(25)31)35-32-24-12-16-26-14-8-10-22-30(26)32/h1-24,34-35H. The highest BCUT2D eigenvalue weighted by Gasteiger charge is 2.35. The molecule has 0 aliphatic carbocycles. The Morgan fingerprint density at radius 3 is 1.17 bits per heavy atom. The van der Waals surface area contributed by atoms with Gasteiger partial charge in [0.1, 0.15) is 0 Å². The van der Waals surface area contributed by atoms with Crippen LogP contribution in [0.15, 0.2) is 146 Å². The molecule has 0 aliphatic heterocycles. The van der Waals surface area contributed by atoms with E-state index in [0.717, 1.165) is 22.5 Å². The Morgan fingerprint density at radius 2 is 0.714 bits per heavy atom. The van der Waals surface area contributed by atoms with Crippen LogP contribution in [0.1, 0.15) is 11.1 Å². The molecule has 0 heterocycles. The second-order valence-electron chi connectivity index (χ2n) is 8.79. The first-order chi connectivity index (χ1) is 17.3. The Bertz CT molecular complexity index is 1460. The molecule has 168 valence electrons. The van der Waals surface area contributed by atoms with E-state index in [1.165, 1.54) is 21.5 Å². The molecule has 0 spiro atoms. The minimum Gasteiger partial charge on any atom is -0.355 e. The van der Waals surface area contributed by atoms with Gasteiger partial charge in [0.15, 0.2) is 5.66 Å². The third-order valence-electron chi connectivity index (χ3n) is 6.64. The zero-order valence-corrected chi connectivity index (χ0v) is 19.4. The van der Waals surface area contributed by atoms with Crippen molar-refractivity contribution in [2.75, 3.05) is 10.6 Å². The monoisotopic (exact) mass is 450 g/mol. The molecule has 0 fully saturated rings. The predicted molar refractivity (Wildman–Crippen MR) is 149 cm³/mol. The summed E-state index contributed by atoms with van der Waals surface area (Å²) in [5.41, 5.74) is 3.70. The van der Waals surface area contributed by atoms with E-state index in [1.807, 2.05) is 0 Å². The molecule has 6 rings (SSSR count). The molecule has 0 aliphatic rings. The Labute approximate surface area is 205 Å². The van der Waals surface area contributed by atoms with Gasteiger partial charge in [-0.2, -0.15) is 0 Å². The van der Waals surface area contributed by atoms with E-state index in [1.54, 1.807) is 0 Å². The molecule has 0 atom stereocenters. The Kier molecular flexibility index (Phi) is 5.40. The SMILES string of the molecule is c1ccc(C(Nc2cccc3ccccc23)(Nc2cccc3ccccc23)c2ccccc2)cc1. The molecule has 6 aromatic rings. The molecule has 2 N–H and O–H groups in total. The molecule has 0 saturated heterocycles. The summed E-state index contributed by atoms with van der Waals surface area (Å²) in [7, 11) is 0. The summed E-state index contributed by atoms with van der Waals surface area (Å²) in [6.07, 6.45) is 0. The van der Waals surface area contributed by atoms with Gasteiger partial charge in [0, 0.05) is 33.3 Å². The molecule has 0 radical (unpaired) electrons. The maximum Gasteiger partial charge on any atom is 0.161 e. The summed E-state index contributed by atoms with van der Waals surface area (Å²) in [5, 5.41) is 12.7. The fourth-order valence-corrected chi connectivity index (χ4v) is 4.94. The van der Waals surface area contributed by atoms with Crippen molar-refractivity contribution >= 4 is 32.9 Å². The Hall–Kier alpha value is -4.56. The number of rotatable bonds is 6. The Morgan fingerprint density at radius 1 is 0.343 bits per heavy atom. The molecule has 2 heteroatoms. The molecular formula is C33H26N2. The van der Waals surface area contributed by atoms with Crippen molar-refractivity contribution in [3.05, 3.63) is 157 Å². The van der Waals surface area contributed by atoms with Crippen LogP contribution in [0.3, 0.4) is 0 Å². The largest absolute Gasteiger partial charge is 0.355 e. The van der Waals surface area contributed by atoms with Crippen molar-refractivity contribution in [3.8, 4) is 0 Å². The van der Waals surface area contributed by atoms with E-state index < -0.39 is 5.66 Å². The normalized spacial score (nSPS) is 11.4. The van der Waals surface area contributed by atoms with Crippen LogP contribution in [0.2, 0.25) is 0 Å². The van der Waals surface area contributed by atoms with Crippen molar-refractivity contribution < 1.29 is 0 Å². The zero-order chi connectivity index (χ0) is 23.5. The lowest BCUT2D eigenvalue weighted by Crippen LogP contribution is -2.44. The van der Waals surface area contributed by atoms with Crippen LogP contribution in [0.4, 0.5) is 11.4 Å². The number of fused-ring (bicyclic) bond motifs is 2. The lowest BCUT2D eigenvalue weighted by atomic mass is 9.89. The summed E-state index contributed by atoms with van der Waals surface area (Å²) in [6.45, 7) is 0. The quantitative estimate of drug-likeness (QED) is 0.249. The van der Waals surface area contributed by atoms with Gasteiger partial charge in [-0.15, -0.1) is 0 Å². The summed E-state index contributed by atoms with van der Waals surface area (Å²) in [4.78, 5) is 0. The average Bonchev–Trinajstić information content (AvgIpc) is 2.94. The number of hydrogen-bond donors (Lipinski definition) is 2. The van der Waals surface area contributed by atoms with Crippen molar-refractivity contribution in [1.82, 2.24) is 0 Å². The average molecular weight is 451 g/mol. The zero-order valence-electron chi connectivity index (χ0n) is 19.4. The molecular weight excluding hydrogens is 424 g/mol. The molecule has 0 saturated carbocycles. The first-order valence-corrected chi connectivity index (χ1v) is 12.0. The van der Waals surface area contributed by atoms with Gasteiger partial charge in [-0.05, 0) is 22.9 Å². The van der Waals surface area contributed by atoms with Crippen LogP contribution in [0, 0.1) is 0 Å². The van der Waals surface area contributed by atoms with E-state index in [4.69, 9.17) is 0 Å². The van der Waals surface area contributed by atoms with Crippen molar-refractivity contribution in [2.24, 2.45) is 0 Å². The van der Waals surface area contributed by atoms with Crippen molar-refractivity contribution in [3.63, 3.8) is 0 Å². The van der Waals surface area contributed by atoms with Crippen molar-refractivity contribution in [1.29, 1.82) is 0 Å². The van der Waals surface area contributed by atoms with Gasteiger partial charge in [0.25, 0.3) is 0 Å². The first kappa shape index (κ1) is 21.0. The van der Waals surface area contributed by atoms with Gasteiger partial charge in [0.05, 0.1) is 0 Å². The number of benzene rings is 6.